The fraction of sp³-hybridized carbons (Fsp3) is 0.389. The Balaban J connectivity index is 1.48. The molecule has 0 unspecified atom stereocenters. The van der Waals surface area contributed by atoms with Gasteiger partial charge in [0.05, 0.1) is 11.6 Å². The highest BCUT2D eigenvalue weighted by molar-refractivity contribution is 9.10. The van der Waals surface area contributed by atoms with Crippen LogP contribution in [0.5, 0.6) is 5.75 Å². The lowest BCUT2D eigenvalue weighted by molar-refractivity contribution is 0.408. The van der Waals surface area contributed by atoms with Gasteiger partial charge in [-0.15, -0.1) is 0 Å². The van der Waals surface area contributed by atoms with Crippen LogP contribution in [0.1, 0.15) is 18.4 Å². The Kier molecular flexibility index (Phi) is 5.51. The van der Waals surface area contributed by atoms with Crippen LogP contribution in [0.2, 0.25) is 0 Å². The van der Waals surface area contributed by atoms with E-state index in [1.54, 1.807) is 7.11 Å². The topological polar surface area (TPSA) is 37.4 Å². The molecule has 1 aromatic heterocycles. The van der Waals surface area contributed by atoms with Gasteiger partial charge < -0.3 is 15.0 Å². The maximum atomic E-state index is 5.27. The van der Waals surface area contributed by atoms with Gasteiger partial charge in [-0.2, -0.15) is 0 Å². The number of halogens is 1. The fourth-order valence-electron chi connectivity index (χ4n) is 2.94. The summed E-state index contributed by atoms with van der Waals surface area (Å²) in [5.74, 6) is 1.96. The molecule has 1 aliphatic heterocycles. The van der Waals surface area contributed by atoms with E-state index >= 15 is 0 Å². The third-order valence-electron chi connectivity index (χ3n) is 4.28. The van der Waals surface area contributed by atoms with Gasteiger partial charge in [0.2, 0.25) is 0 Å². The first-order valence-corrected chi connectivity index (χ1v) is 8.77. The van der Waals surface area contributed by atoms with Crippen molar-refractivity contribution in [3.63, 3.8) is 0 Å². The largest absolute Gasteiger partial charge is 0.496 e. The Morgan fingerprint density at radius 2 is 2.09 bits per heavy atom. The Morgan fingerprint density at radius 3 is 2.74 bits per heavy atom. The van der Waals surface area contributed by atoms with Crippen molar-refractivity contribution < 1.29 is 4.74 Å². The molecule has 2 aromatic rings. The van der Waals surface area contributed by atoms with Gasteiger partial charge in [0.25, 0.3) is 0 Å². The second-order valence-corrected chi connectivity index (χ2v) is 6.65. The van der Waals surface area contributed by atoms with Gasteiger partial charge in [-0.1, -0.05) is 12.1 Å². The number of rotatable bonds is 5. The molecule has 2 heterocycles. The van der Waals surface area contributed by atoms with Crippen molar-refractivity contribution in [2.45, 2.75) is 25.4 Å². The molecule has 0 saturated carbocycles. The molecule has 4 nitrogen and oxygen atoms in total. The number of aromatic nitrogens is 1. The number of anilines is 1. The van der Waals surface area contributed by atoms with Crippen LogP contribution in [0, 0.1) is 0 Å². The Hall–Kier alpha value is -1.59. The van der Waals surface area contributed by atoms with Crippen molar-refractivity contribution in [2.75, 3.05) is 25.1 Å². The number of ether oxygens (including phenoxy) is 1. The Labute approximate surface area is 146 Å². The van der Waals surface area contributed by atoms with Crippen molar-refractivity contribution in [3.8, 4) is 5.75 Å². The summed E-state index contributed by atoms with van der Waals surface area (Å²) in [5.41, 5.74) is 1.27. The third-order valence-corrected chi connectivity index (χ3v) is 4.90. The highest BCUT2D eigenvalue weighted by Gasteiger charge is 2.19. The van der Waals surface area contributed by atoms with Crippen LogP contribution in [-0.4, -0.2) is 31.2 Å². The lowest BCUT2D eigenvalue weighted by atomic mass is 10.0. The van der Waals surface area contributed by atoms with Gasteiger partial charge in [-0.25, -0.2) is 4.98 Å². The molecule has 0 aliphatic carbocycles. The third kappa shape index (κ3) is 4.24. The quantitative estimate of drug-likeness (QED) is 0.865. The van der Waals surface area contributed by atoms with Gasteiger partial charge in [-0.05, 0) is 58.6 Å². The molecule has 0 spiro atoms. The Bertz CT molecular complexity index is 627. The van der Waals surface area contributed by atoms with E-state index in [9.17, 15) is 0 Å². The molecule has 5 heteroatoms. The lowest BCUT2D eigenvalue weighted by Gasteiger charge is -2.33. The van der Waals surface area contributed by atoms with Gasteiger partial charge in [0.15, 0.2) is 0 Å². The van der Waals surface area contributed by atoms with E-state index < -0.39 is 0 Å². The van der Waals surface area contributed by atoms with Crippen molar-refractivity contribution in [2.24, 2.45) is 0 Å². The van der Waals surface area contributed by atoms with Crippen LogP contribution >= 0.6 is 15.9 Å². The first-order valence-electron chi connectivity index (χ1n) is 7.98. The van der Waals surface area contributed by atoms with Crippen LogP contribution < -0.4 is 15.0 Å². The normalized spacial score (nSPS) is 15.7. The van der Waals surface area contributed by atoms with Gasteiger partial charge >= 0.3 is 0 Å². The average Bonchev–Trinajstić information content (AvgIpc) is 2.61. The molecule has 1 saturated heterocycles. The number of methoxy groups -OCH3 is 1. The molecule has 1 N–H and O–H groups in total. The highest BCUT2D eigenvalue weighted by Crippen LogP contribution is 2.25. The molecule has 0 amide bonds. The number of nitrogens with zero attached hydrogens (tertiary/aromatic N) is 2. The smallest absolute Gasteiger partial charge is 0.133 e. The summed E-state index contributed by atoms with van der Waals surface area (Å²) in [6.45, 7) is 3.00. The molecular formula is C18H22BrN3O. The highest BCUT2D eigenvalue weighted by atomic mass is 79.9. The van der Waals surface area contributed by atoms with Crippen molar-refractivity contribution in [1.82, 2.24) is 10.3 Å². The van der Waals surface area contributed by atoms with Gasteiger partial charge in [0, 0.05) is 31.9 Å². The molecule has 1 aliphatic rings. The van der Waals surface area contributed by atoms with E-state index in [2.05, 4.69) is 49.3 Å². The van der Waals surface area contributed by atoms with Crippen LogP contribution in [0.3, 0.4) is 0 Å². The standard InChI is InChI=1S/C18H22BrN3O/c1-23-17-6-5-14(12-16(17)19)13-21-15-7-10-22(11-8-15)18-4-2-3-9-20-18/h2-6,9,12,15,21H,7-8,10-11,13H2,1H3. The number of nitrogens with one attached hydrogen (secondary N) is 1. The molecule has 1 fully saturated rings. The number of piperidine rings is 1. The number of benzene rings is 1. The van der Waals surface area contributed by atoms with E-state index in [4.69, 9.17) is 4.74 Å². The fourth-order valence-corrected chi connectivity index (χ4v) is 3.52. The van der Waals surface area contributed by atoms with Crippen molar-refractivity contribution >= 4 is 21.7 Å². The number of hydrogen-bond acceptors (Lipinski definition) is 4. The Morgan fingerprint density at radius 1 is 1.26 bits per heavy atom. The minimum absolute atomic E-state index is 0.566. The maximum Gasteiger partial charge on any atom is 0.133 e. The van der Waals surface area contributed by atoms with Crippen molar-refractivity contribution in [1.29, 1.82) is 0 Å². The molecule has 122 valence electrons. The second-order valence-electron chi connectivity index (χ2n) is 5.80. The van der Waals surface area contributed by atoms with E-state index in [0.717, 1.165) is 48.5 Å². The molecule has 0 atom stereocenters. The minimum Gasteiger partial charge on any atom is -0.496 e. The molecule has 0 bridgehead atoms. The summed E-state index contributed by atoms with van der Waals surface area (Å²) in [7, 11) is 1.69. The zero-order chi connectivity index (χ0) is 16.1. The SMILES string of the molecule is COc1ccc(CNC2CCN(c3ccccn3)CC2)cc1Br. The summed E-state index contributed by atoms with van der Waals surface area (Å²) in [6, 6.07) is 12.9. The van der Waals surface area contributed by atoms with Gasteiger partial charge in [0.1, 0.15) is 11.6 Å². The van der Waals surface area contributed by atoms with Crippen molar-refractivity contribution in [3.05, 3.63) is 52.6 Å². The second kappa shape index (κ2) is 7.79. The molecule has 3 rings (SSSR count). The predicted octanol–water partition coefficient (Wildman–Crippen LogP) is 3.61. The van der Waals surface area contributed by atoms with E-state index in [0.29, 0.717) is 6.04 Å². The van der Waals surface area contributed by atoms with Crippen LogP contribution in [-0.2, 0) is 6.54 Å². The number of hydrogen-bond donors (Lipinski definition) is 1. The van der Waals surface area contributed by atoms with E-state index in [1.165, 1.54) is 5.56 Å². The molecule has 0 radical (unpaired) electrons. The molecule has 23 heavy (non-hydrogen) atoms. The summed E-state index contributed by atoms with van der Waals surface area (Å²) >= 11 is 3.54. The van der Waals surface area contributed by atoms with E-state index in [-0.39, 0.29) is 0 Å². The monoisotopic (exact) mass is 375 g/mol. The summed E-state index contributed by atoms with van der Waals surface area (Å²) in [5, 5.41) is 3.67. The van der Waals surface area contributed by atoms with Gasteiger partial charge in [-0.3, -0.25) is 0 Å². The van der Waals surface area contributed by atoms with Crippen LogP contribution in [0.25, 0.3) is 0 Å². The average molecular weight is 376 g/mol. The number of pyridine rings is 1. The summed E-state index contributed by atoms with van der Waals surface area (Å²) in [6.07, 6.45) is 4.16. The maximum absolute atomic E-state index is 5.27. The summed E-state index contributed by atoms with van der Waals surface area (Å²) < 4.78 is 6.27. The van der Waals surface area contributed by atoms with Crippen LogP contribution in [0.15, 0.2) is 47.1 Å². The summed E-state index contributed by atoms with van der Waals surface area (Å²) in [4.78, 5) is 6.80. The minimum atomic E-state index is 0.566. The lowest BCUT2D eigenvalue weighted by Crippen LogP contribution is -2.42. The molecular weight excluding hydrogens is 354 g/mol. The van der Waals surface area contributed by atoms with E-state index in [1.807, 2.05) is 24.4 Å². The zero-order valence-electron chi connectivity index (χ0n) is 13.3. The first-order chi connectivity index (χ1) is 11.3. The first kappa shape index (κ1) is 16.3. The molecule has 1 aromatic carbocycles. The predicted molar refractivity (Wildman–Crippen MR) is 97.0 cm³/mol. The van der Waals surface area contributed by atoms with Crippen LogP contribution in [0.4, 0.5) is 5.82 Å². The zero-order valence-corrected chi connectivity index (χ0v) is 14.9.